The summed E-state index contributed by atoms with van der Waals surface area (Å²) in [5.41, 5.74) is 0. The van der Waals surface area contributed by atoms with E-state index < -0.39 is 28.2 Å². The molecule has 0 atom stereocenters. The van der Waals surface area contributed by atoms with Gasteiger partial charge >= 0.3 is 6.17 Å². The molecule has 0 bridgehead atoms. The maximum absolute atomic E-state index is 10.3. The van der Waals surface area contributed by atoms with Crippen LogP contribution in [0.15, 0.2) is 0 Å². The van der Waals surface area contributed by atoms with Crippen molar-refractivity contribution in [1.82, 2.24) is 0 Å². The Balaban J connectivity index is 4.23. The van der Waals surface area contributed by atoms with Gasteiger partial charge in [0.2, 0.25) is 0 Å². The van der Waals surface area contributed by atoms with Crippen LogP contribution in [0, 0.1) is 20.2 Å². The van der Waals surface area contributed by atoms with Crippen LogP contribution in [-0.4, -0.2) is 21.8 Å². The summed E-state index contributed by atoms with van der Waals surface area (Å²) in [4.78, 5) is 27.9. The van der Waals surface area contributed by atoms with Crippen LogP contribution < -0.4 is 0 Å². The highest BCUT2D eigenvalue weighted by Gasteiger charge is 2.33. The molecule has 0 aromatic rings. The molecule has 0 heterocycles. The number of nitrogens with zero attached hydrogens (tertiary/aromatic N) is 2. The predicted octanol–water partition coefficient (Wildman–Crippen LogP) is -0.155. The first-order valence-electron chi connectivity index (χ1n) is 2.71. The summed E-state index contributed by atoms with van der Waals surface area (Å²) in [6.07, 6.45) is -2.65. The lowest BCUT2D eigenvalue weighted by molar-refractivity contribution is -0.740. The zero-order chi connectivity index (χ0) is 9.02. The second kappa shape index (κ2) is 3.59. The van der Waals surface area contributed by atoms with E-state index in [1.807, 2.05) is 0 Å². The minimum atomic E-state index is -1.99. The molecule has 0 amide bonds. The molecule has 7 heteroatoms. The molecule has 0 N–H and O–H groups in total. The Morgan fingerprint density at radius 1 is 1.36 bits per heavy atom. The largest absolute Gasteiger partial charge is 0.457 e. The second-order valence-electron chi connectivity index (χ2n) is 1.96. The van der Waals surface area contributed by atoms with Crippen LogP contribution in [0.5, 0.6) is 0 Å². The van der Waals surface area contributed by atoms with Crippen molar-refractivity contribution < 1.29 is 14.6 Å². The van der Waals surface area contributed by atoms with Gasteiger partial charge in [-0.1, -0.05) is 0 Å². The van der Waals surface area contributed by atoms with Gasteiger partial charge in [0.1, 0.15) is 12.2 Å². The number of hydrogen-bond acceptors (Lipinski definition) is 5. The Kier molecular flexibility index (Phi) is 3.09. The predicted molar refractivity (Wildman–Crippen MR) is 33.1 cm³/mol. The van der Waals surface area contributed by atoms with E-state index in [0.29, 0.717) is 0 Å². The fourth-order valence-electron chi connectivity index (χ4n) is 0.483. The molecule has 0 aromatic heterocycles. The van der Waals surface area contributed by atoms with E-state index >= 15 is 0 Å². The molecule has 0 radical (unpaired) electrons. The Morgan fingerprint density at radius 2 is 1.73 bits per heavy atom. The van der Waals surface area contributed by atoms with Crippen molar-refractivity contribution in [1.29, 1.82) is 0 Å². The van der Waals surface area contributed by atoms with Crippen molar-refractivity contribution in [2.24, 2.45) is 0 Å². The molecule has 0 unspecified atom stereocenters. The van der Waals surface area contributed by atoms with E-state index in [-0.39, 0.29) is 0 Å². The third-order valence-corrected chi connectivity index (χ3v) is 0.957. The molecule has 62 valence electrons. The highest BCUT2D eigenvalue weighted by atomic mass is 16.7. The van der Waals surface area contributed by atoms with Crippen LogP contribution in [0.25, 0.3) is 0 Å². The first kappa shape index (κ1) is 9.47. The fraction of sp³-hybridized carbons (Fsp3) is 0.750. The third kappa shape index (κ3) is 3.23. The van der Waals surface area contributed by atoms with Crippen molar-refractivity contribution in [3.63, 3.8) is 0 Å². The van der Waals surface area contributed by atoms with Crippen LogP contribution in [0.1, 0.15) is 13.3 Å². The summed E-state index contributed by atoms with van der Waals surface area (Å²) >= 11 is 0. The van der Waals surface area contributed by atoms with Gasteiger partial charge < -0.3 is 0 Å². The Labute approximate surface area is 61.3 Å². The highest BCUT2D eigenvalue weighted by Crippen LogP contribution is 1.98. The van der Waals surface area contributed by atoms with Crippen LogP contribution in [0.3, 0.4) is 0 Å². The lowest BCUT2D eigenvalue weighted by Crippen LogP contribution is -2.30. The second-order valence-corrected chi connectivity index (χ2v) is 1.96. The van der Waals surface area contributed by atoms with E-state index in [0.717, 1.165) is 6.92 Å². The summed E-state index contributed by atoms with van der Waals surface area (Å²) < 4.78 is 0. The molecular weight excluding hydrogens is 156 g/mol. The van der Waals surface area contributed by atoms with E-state index in [2.05, 4.69) is 0 Å². The molecule has 0 fully saturated rings. The van der Waals surface area contributed by atoms with Crippen molar-refractivity contribution >= 4 is 5.78 Å². The summed E-state index contributed by atoms with van der Waals surface area (Å²) in [5.74, 6) is -0.566. The first-order valence-corrected chi connectivity index (χ1v) is 2.71. The molecule has 0 rings (SSSR count). The van der Waals surface area contributed by atoms with Gasteiger partial charge in [-0.15, -0.1) is 0 Å². The van der Waals surface area contributed by atoms with Crippen molar-refractivity contribution in [2.75, 3.05) is 0 Å². The zero-order valence-electron chi connectivity index (χ0n) is 5.72. The summed E-state index contributed by atoms with van der Waals surface area (Å²) in [5, 5.41) is 19.8. The van der Waals surface area contributed by atoms with Gasteiger partial charge in [0, 0.05) is 0 Å². The van der Waals surface area contributed by atoms with Crippen LogP contribution >= 0.6 is 0 Å². The normalized spacial score (nSPS) is 9.64. The lowest BCUT2D eigenvalue weighted by Gasteiger charge is -1.97. The van der Waals surface area contributed by atoms with Gasteiger partial charge in [0.05, 0.1) is 9.85 Å². The summed E-state index contributed by atoms with van der Waals surface area (Å²) in [6, 6.07) is 0. The van der Waals surface area contributed by atoms with Gasteiger partial charge in [0.15, 0.2) is 0 Å². The third-order valence-electron chi connectivity index (χ3n) is 0.957. The van der Waals surface area contributed by atoms with Crippen molar-refractivity contribution in [2.45, 2.75) is 19.5 Å². The van der Waals surface area contributed by atoms with E-state index in [9.17, 15) is 25.0 Å². The summed E-state index contributed by atoms with van der Waals surface area (Å²) in [6.45, 7) is 1.07. The molecule has 11 heavy (non-hydrogen) atoms. The molecule has 0 saturated carbocycles. The average molecular weight is 162 g/mol. The summed E-state index contributed by atoms with van der Waals surface area (Å²) in [7, 11) is 0. The lowest BCUT2D eigenvalue weighted by atomic mass is 10.3. The number of carbonyl (C=O) groups excluding carboxylic acids is 1. The number of Topliss-reactive ketones (excluding diaryl/α,β-unsaturated/α-hetero) is 1. The van der Waals surface area contributed by atoms with E-state index in [1.54, 1.807) is 0 Å². The maximum atomic E-state index is 10.3. The molecule has 0 aromatic carbocycles. The minimum absolute atomic E-state index is 0.566. The van der Waals surface area contributed by atoms with Crippen molar-refractivity contribution in [3.05, 3.63) is 20.2 Å². The van der Waals surface area contributed by atoms with Crippen LogP contribution in [0.2, 0.25) is 0 Å². The number of hydrogen-bond donors (Lipinski definition) is 0. The Hall–Kier alpha value is -1.53. The number of nitro groups is 2. The van der Waals surface area contributed by atoms with Gasteiger partial charge in [0.25, 0.3) is 0 Å². The molecule has 0 saturated heterocycles. The van der Waals surface area contributed by atoms with Crippen molar-refractivity contribution in [3.8, 4) is 0 Å². The quantitative estimate of drug-likeness (QED) is 0.324. The van der Waals surface area contributed by atoms with Crippen LogP contribution in [0.4, 0.5) is 0 Å². The van der Waals surface area contributed by atoms with Gasteiger partial charge in [-0.25, -0.2) is 0 Å². The van der Waals surface area contributed by atoms with E-state index in [4.69, 9.17) is 0 Å². The molecule has 0 aliphatic carbocycles. The average Bonchev–Trinajstić information content (AvgIpc) is 1.81. The number of rotatable bonds is 4. The highest BCUT2D eigenvalue weighted by molar-refractivity contribution is 5.75. The maximum Gasteiger partial charge on any atom is 0.457 e. The Bertz CT molecular complexity index is 187. The van der Waals surface area contributed by atoms with Crippen LogP contribution in [-0.2, 0) is 4.79 Å². The standard InChI is InChI=1S/C4H6N2O5/c1-3(7)2-4(5(8)9)6(10)11/h4H,2H2,1H3. The smallest absolute Gasteiger partial charge is 0.299 e. The molecule has 7 nitrogen and oxygen atoms in total. The zero-order valence-corrected chi connectivity index (χ0v) is 5.72. The number of carbonyl (C=O) groups is 1. The Morgan fingerprint density at radius 3 is 1.82 bits per heavy atom. The topological polar surface area (TPSA) is 103 Å². The first-order chi connectivity index (χ1) is 4.95. The molecule has 0 aliphatic heterocycles. The monoisotopic (exact) mass is 162 g/mol. The fourth-order valence-corrected chi connectivity index (χ4v) is 0.483. The molecular formula is C4H6N2O5. The van der Waals surface area contributed by atoms with Gasteiger partial charge in [-0.3, -0.25) is 25.0 Å². The number of ketones is 1. The van der Waals surface area contributed by atoms with E-state index in [1.165, 1.54) is 0 Å². The van der Waals surface area contributed by atoms with Gasteiger partial charge in [-0.05, 0) is 6.92 Å². The SMILES string of the molecule is CC(=O)CC([N+](=O)[O-])[N+](=O)[O-]. The molecule has 0 aliphatic rings. The minimum Gasteiger partial charge on any atom is -0.299 e. The van der Waals surface area contributed by atoms with Gasteiger partial charge in [-0.2, -0.15) is 0 Å². The molecule has 0 spiro atoms.